The van der Waals surface area contributed by atoms with Crippen LogP contribution in [-0.2, 0) is 0 Å². The van der Waals surface area contributed by atoms with Crippen LogP contribution in [0.25, 0.3) is 22.2 Å². The Kier molecular flexibility index (Phi) is 3.64. The van der Waals surface area contributed by atoms with Crippen LogP contribution in [0.2, 0.25) is 0 Å². The lowest BCUT2D eigenvalue weighted by Crippen LogP contribution is -2.04. The molecule has 5 nitrogen and oxygen atoms in total. The summed E-state index contributed by atoms with van der Waals surface area (Å²) in [6.07, 6.45) is 3.34. The molecular weight excluding hydrogens is 264 g/mol. The fraction of sp³-hybridized carbons (Fsp3) is 0.188. The molecule has 0 unspecified atom stereocenters. The van der Waals surface area contributed by atoms with Gasteiger partial charge in [0.05, 0.1) is 12.6 Å². The predicted molar refractivity (Wildman–Crippen MR) is 83.5 cm³/mol. The standard InChI is InChI=1S/C16H16N4O/c1-3-17-16-15(21-2)14(19-10-20-16)12-8-11-6-4-5-7-13(11)18-9-12/h4-10H,3H2,1-2H3,(H,17,19,20). The second kappa shape index (κ2) is 5.75. The summed E-state index contributed by atoms with van der Waals surface area (Å²) in [5.41, 5.74) is 2.61. The van der Waals surface area contributed by atoms with Gasteiger partial charge in [-0.15, -0.1) is 0 Å². The molecule has 21 heavy (non-hydrogen) atoms. The average molecular weight is 280 g/mol. The molecule has 0 aliphatic rings. The highest BCUT2D eigenvalue weighted by molar-refractivity contribution is 5.84. The summed E-state index contributed by atoms with van der Waals surface area (Å²) in [5.74, 6) is 1.33. The Morgan fingerprint density at radius 2 is 2.00 bits per heavy atom. The number of methoxy groups -OCH3 is 1. The third-order valence-electron chi connectivity index (χ3n) is 3.22. The molecule has 3 rings (SSSR count). The van der Waals surface area contributed by atoms with Gasteiger partial charge in [0.15, 0.2) is 11.6 Å². The molecule has 3 aromatic rings. The van der Waals surface area contributed by atoms with E-state index >= 15 is 0 Å². The van der Waals surface area contributed by atoms with E-state index in [9.17, 15) is 0 Å². The van der Waals surface area contributed by atoms with Gasteiger partial charge in [-0.3, -0.25) is 4.98 Å². The summed E-state index contributed by atoms with van der Waals surface area (Å²) >= 11 is 0. The number of nitrogens with zero attached hydrogens (tertiary/aromatic N) is 3. The van der Waals surface area contributed by atoms with E-state index in [2.05, 4.69) is 26.3 Å². The maximum atomic E-state index is 5.48. The van der Waals surface area contributed by atoms with E-state index in [-0.39, 0.29) is 0 Å². The van der Waals surface area contributed by atoms with Crippen molar-refractivity contribution in [1.82, 2.24) is 15.0 Å². The zero-order valence-corrected chi connectivity index (χ0v) is 12.0. The SMILES string of the molecule is CCNc1ncnc(-c2cnc3ccccc3c2)c1OC. The number of benzene rings is 1. The Morgan fingerprint density at radius 3 is 2.81 bits per heavy atom. The minimum atomic E-state index is 0.636. The molecule has 0 aliphatic carbocycles. The molecular formula is C16H16N4O. The molecule has 2 aromatic heterocycles. The molecule has 0 spiro atoms. The first-order valence-corrected chi connectivity index (χ1v) is 6.81. The van der Waals surface area contributed by atoms with Gasteiger partial charge in [0, 0.05) is 23.7 Å². The van der Waals surface area contributed by atoms with Crippen molar-refractivity contribution in [3.8, 4) is 17.0 Å². The molecule has 0 saturated heterocycles. The molecule has 0 saturated carbocycles. The quantitative estimate of drug-likeness (QED) is 0.795. The molecule has 2 heterocycles. The number of pyridine rings is 1. The minimum Gasteiger partial charge on any atom is -0.491 e. The van der Waals surface area contributed by atoms with E-state index in [1.165, 1.54) is 6.33 Å². The maximum Gasteiger partial charge on any atom is 0.187 e. The summed E-state index contributed by atoms with van der Waals surface area (Å²) in [7, 11) is 1.62. The summed E-state index contributed by atoms with van der Waals surface area (Å²) in [5, 5.41) is 4.25. The van der Waals surface area contributed by atoms with Crippen LogP contribution in [0, 0.1) is 0 Å². The van der Waals surface area contributed by atoms with Gasteiger partial charge in [0.25, 0.3) is 0 Å². The number of rotatable bonds is 4. The minimum absolute atomic E-state index is 0.636. The Labute approximate surface area is 123 Å². The van der Waals surface area contributed by atoms with Crippen molar-refractivity contribution in [3.63, 3.8) is 0 Å². The monoisotopic (exact) mass is 280 g/mol. The van der Waals surface area contributed by atoms with Gasteiger partial charge in [-0.25, -0.2) is 9.97 Å². The van der Waals surface area contributed by atoms with E-state index in [4.69, 9.17) is 4.74 Å². The fourth-order valence-corrected chi connectivity index (χ4v) is 2.27. The fourth-order valence-electron chi connectivity index (χ4n) is 2.27. The molecule has 106 valence electrons. The largest absolute Gasteiger partial charge is 0.491 e. The zero-order chi connectivity index (χ0) is 14.7. The highest BCUT2D eigenvalue weighted by Gasteiger charge is 2.14. The van der Waals surface area contributed by atoms with Crippen molar-refractivity contribution >= 4 is 16.7 Å². The van der Waals surface area contributed by atoms with Crippen molar-refractivity contribution in [2.45, 2.75) is 6.92 Å². The number of hydrogen-bond donors (Lipinski definition) is 1. The van der Waals surface area contributed by atoms with Crippen LogP contribution in [0.5, 0.6) is 5.75 Å². The van der Waals surface area contributed by atoms with Gasteiger partial charge in [-0.05, 0) is 19.1 Å². The van der Waals surface area contributed by atoms with Crippen LogP contribution in [0.15, 0.2) is 42.9 Å². The zero-order valence-electron chi connectivity index (χ0n) is 12.0. The maximum absolute atomic E-state index is 5.48. The summed E-state index contributed by atoms with van der Waals surface area (Å²) < 4.78 is 5.48. The van der Waals surface area contributed by atoms with E-state index < -0.39 is 0 Å². The number of hydrogen-bond acceptors (Lipinski definition) is 5. The lowest BCUT2D eigenvalue weighted by molar-refractivity contribution is 0.414. The van der Waals surface area contributed by atoms with Crippen molar-refractivity contribution in [3.05, 3.63) is 42.9 Å². The van der Waals surface area contributed by atoms with Gasteiger partial charge in [-0.2, -0.15) is 0 Å². The van der Waals surface area contributed by atoms with Gasteiger partial charge in [0.2, 0.25) is 0 Å². The summed E-state index contributed by atoms with van der Waals surface area (Å²) in [6, 6.07) is 10.0. The van der Waals surface area contributed by atoms with E-state index in [1.807, 2.05) is 37.4 Å². The van der Waals surface area contributed by atoms with E-state index in [0.717, 1.165) is 28.7 Å². The van der Waals surface area contributed by atoms with Crippen LogP contribution in [0.4, 0.5) is 5.82 Å². The molecule has 0 bridgehead atoms. The van der Waals surface area contributed by atoms with E-state index in [1.54, 1.807) is 7.11 Å². The van der Waals surface area contributed by atoms with Crippen LogP contribution < -0.4 is 10.1 Å². The summed E-state index contributed by atoms with van der Waals surface area (Å²) in [4.78, 5) is 13.0. The third kappa shape index (κ3) is 2.50. The number of fused-ring (bicyclic) bond motifs is 1. The molecule has 1 aromatic carbocycles. The van der Waals surface area contributed by atoms with Crippen molar-refractivity contribution in [2.75, 3.05) is 19.0 Å². The number of aromatic nitrogens is 3. The topological polar surface area (TPSA) is 59.9 Å². The molecule has 0 aliphatic heterocycles. The first-order chi connectivity index (χ1) is 10.3. The Balaban J connectivity index is 2.15. The Hall–Kier alpha value is -2.69. The van der Waals surface area contributed by atoms with Crippen LogP contribution in [0.1, 0.15) is 6.92 Å². The number of ether oxygens (including phenoxy) is 1. The highest BCUT2D eigenvalue weighted by Crippen LogP contribution is 2.33. The van der Waals surface area contributed by atoms with Crippen molar-refractivity contribution in [1.29, 1.82) is 0 Å². The van der Waals surface area contributed by atoms with Crippen LogP contribution >= 0.6 is 0 Å². The van der Waals surface area contributed by atoms with Gasteiger partial charge in [0.1, 0.15) is 12.0 Å². The Morgan fingerprint density at radius 1 is 1.14 bits per heavy atom. The van der Waals surface area contributed by atoms with Crippen LogP contribution in [-0.4, -0.2) is 28.6 Å². The van der Waals surface area contributed by atoms with E-state index in [0.29, 0.717) is 11.6 Å². The third-order valence-corrected chi connectivity index (χ3v) is 3.22. The van der Waals surface area contributed by atoms with Crippen LogP contribution in [0.3, 0.4) is 0 Å². The van der Waals surface area contributed by atoms with Crippen molar-refractivity contribution in [2.24, 2.45) is 0 Å². The lowest BCUT2D eigenvalue weighted by atomic mass is 10.1. The van der Waals surface area contributed by atoms with Crippen molar-refractivity contribution < 1.29 is 4.74 Å². The molecule has 1 N–H and O–H groups in total. The molecule has 0 amide bonds. The first-order valence-electron chi connectivity index (χ1n) is 6.81. The summed E-state index contributed by atoms with van der Waals surface area (Å²) in [6.45, 7) is 2.78. The molecule has 0 atom stereocenters. The van der Waals surface area contributed by atoms with Gasteiger partial charge < -0.3 is 10.1 Å². The second-order valence-corrected chi connectivity index (χ2v) is 4.55. The lowest BCUT2D eigenvalue weighted by Gasteiger charge is -2.12. The Bertz CT molecular complexity index is 773. The molecule has 5 heteroatoms. The number of anilines is 1. The number of para-hydroxylation sites is 1. The second-order valence-electron chi connectivity index (χ2n) is 4.55. The average Bonchev–Trinajstić information content (AvgIpc) is 2.54. The van der Waals surface area contributed by atoms with Gasteiger partial charge in [-0.1, -0.05) is 18.2 Å². The first kappa shape index (κ1) is 13.3. The molecule has 0 radical (unpaired) electrons. The number of nitrogens with one attached hydrogen (secondary N) is 1. The normalized spacial score (nSPS) is 10.6. The smallest absolute Gasteiger partial charge is 0.187 e. The highest BCUT2D eigenvalue weighted by atomic mass is 16.5. The molecule has 0 fully saturated rings. The van der Waals surface area contributed by atoms with Gasteiger partial charge >= 0.3 is 0 Å². The predicted octanol–water partition coefficient (Wildman–Crippen LogP) is 3.13.